The van der Waals surface area contributed by atoms with Crippen LogP contribution in [-0.4, -0.2) is 35.0 Å². The molecular weight excluding hydrogens is 360 g/mol. The summed E-state index contributed by atoms with van der Waals surface area (Å²) in [5.41, 5.74) is 2.30. The van der Waals surface area contributed by atoms with Crippen LogP contribution in [0.1, 0.15) is 34.2 Å². The van der Waals surface area contributed by atoms with E-state index in [0.717, 1.165) is 28.8 Å². The fourth-order valence-electron chi connectivity index (χ4n) is 4.34. The van der Waals surface area contributed by atoms with E-state index in [4.69, 9.17) is 0 Å². The molecule has 2 fully saturated rings. The number of carbonyl (C=O) groups excluding carboxylic acids is 1. The maximum atomic E-state index is 13.2. The van der Waals surface area contributed by atoms with E-state index < -0.39 is 6.55 Å². The number of hydrogen-bond acceptors (Lipinski definition) is 2. The summed E-state index contributed by atoms with van der Waals surface area (Å²) in [6.07, 6.45) is 1.26. The SMILES string of the molecule is Cc1ccccc1[C@@H]1[C@H]2CNC[C@H]2CN1C(=O)c1cccn1C(F)F.Cl. The summed E-state index contributed by atoms with van der Waals surface area (Å²) in [4.78, 5) is 14.9. The fourth-order valence-corrected chi connectivity index (χ4v) is 4.34. The van der Waals surface area contributed by atoms with E-state index in [1.807, 2.05) is 31.2 Å². The Morgan fingerprint density at radius 2 is 1.96 bits per heavy atom. The quantitative estimate of drug-likeness (QED) is 0.881. The summed E-state index contributed by atoms with van der Waals surface area (Å²) >= 11 is 0. The van der Waals surface area contributed by atoms with Crippen LogP contribution in [0.3, 0.4) is 0 Å². The Balaban J connectivity index is 0.00000196. The van der Waals surface area contributed by atoms with Crippen molar-refractivity contribution in [3.63, 3.8) is 0 Å². The van der Waals surface area contributed by atoms with Gasteiger partial charge in [-0.05, 0) is 36.1 Å². The Bertz CT molecular complexity index is 795. The molecule has 0 aliphatic carbocycles. The van der Waals surface area contributed by atoms with E-state index in [1.54, 1.807) is 4.90 Å². The second-order valence-electron chi connectivity index (χ2n) is 6.92. The molecule has 4 rings (SSSR count). The topological polar surface area (TPSA) is 37.3 Å². The Labute approximate surface area is 157 Å². The molecule has 1 amide bonds. The van der Waals surface area contributed by atoms with E-state index in [1.165, 1.54) is 18.3 Å². The van der Waals surface area contributed by atoms with Crippen LogP contribution < -0.4 is 5.32 Å². The highest BCUT2D eigenvalue weighted by Crippen LogP contribution is 2.44. The molecule has 2 aliphatic heterocycles. The molecular formula is C19H22ClF2N3O. The molecule has 1 aromatic carbocycles. The van der Waals surface area contributed by atoms with Crippen LogP contribution in [-0.2, 0) is 0 Å². The number of benzene rings is 1. The number of amides is 1. The van der Waals surface area contributed by atoms with Gasteiger partial charge in [-0.3, -0.25) is 9.36 Å². The number of fused-ring (bicyclic) bond motifs is 1. The standard InChI is InChI=1S/C19H21F2N3O.ClH/c1-12-5-2-3-6-14(12)17-15-10-22-9-13(15)11-24(17)18(25)16-7-4-8-23(16)19(20)21;/h2-8,13,15,17,19,22H,9-11H2,1H3;1H/t13-,15-,17+;/m0./s1. The minimum absolute atomic E-state index is 0. The van der Waals surface area contributed by atoms with E-state index in [9.17, 15) is 13.6 Å². The first-order chi connectivity index (χ1) is 12.1. The van der Waals surface area contributed by atoms with E-state index in [-0.39, 0.29) is 30.0 Å². The number of carbonyl (C=O) groups is 1. The molecule has 4 nitrogen and oxygen atoms in total. The lowest BCUT2D eigenvalue weighted by atomic mass is 9.87. The van der Waals surface area contributed by atoms with Gasteiger partial charge in [-0.1, -0.05) is 24.3 Å². The van der Waals surface area contributed by atoms with Crippen LogP contribution >= 0.6 is 12.4 Å². The molecule has 0 unspecified atom stereocenters. The van der Waals surface area contributed by atoms with Crippen LogP contribution in [0.2, 0.25) is 0 Å². The second-order valence-corrected chi connectivity index (χ2v) is 6.92. The minimum Gasteiger partial charge on any atom is -0.330 e. The van der Waals surface area contributed by atoms with Crippen LogP contribution in [0, 0.1) is 18.8 Å². The fraction of sp³-hybridized carbons (Fsp3) is 0.421. The first-order valence-corrected chi connectivity index (χ1v) is 8.60. The molecule has 3 atom stereocenters. The number of halogens is 3. The smallest absolute Gasteiger partial charge is 0.319 e. The molecule has 1 aromatic heterocycles. The molecule has 7 heteroatoms. The lowest BCUT2D eigenvalue weighted by Gasteiger charge is -2.30. The van der Waals surface area contributed by atoms with Crippen molar-refractivity contribution in [2.75, 3.05) is 19.6 Å². The van der Waals surface area contributed by atoms with Crippen LogP contribution in [0.5, 0.6) is 0 Å². The zero-order chi connectivity index (χ0) is 17.6. The van der Waals surface area contributed by atoms with Gasteiger partial charge in [-0.25, -0.2) is 0 Å². The molecule has 140 valence electrons. The molecule has 0 bridgehead atoms. The second kappa shape index (κ2) is 7.37. The van der Waals surface area contributed by atoms with E-state index in [2.05, 4.69) is 5.32 Å². The van der Waals surface area contributed by atoms with Gasteiger partial charge in [0.2, 0.25) is 0 Å². The Morgan fingerprint density at radius 1 is 1.19 bits per heavy atom. The average molecular weight is 382 g/mol. The summed E-state index contributed by atoms with van der Waals surface area (Å²) in [5.74, 6) is 0.372. The average Bonchev–Trinajstić information content (AvgIpc) is 3.30. The zero-order valence-electron chi connectivity index (χ0n) is 14.4. The van der Waals surface area contributed by atoms with Crippen LogP contribution in [0.4, 0.5) is 8.78 Å². The number of hydrogen-bond donors (Lipinski definition) is 1. The normalized spacial score (nSPS) is 24.6. The molecule has 1 N–H and O–H groups in total. The summed E-state index contributed by atoms with van der Waals surface area (Å²) in [5, 5.41) is 3.40. The molecule has 0 saturated carbocycles. The predicted molar refractivity (Wildman–Crippen MR) is 97.7 cm³/mol. The largest absolute Gasteiger partial charge is 0.330 e. The maximum absolute atomic E-state index is 13.2. The predicted octanol–water partition coefficient (Wildman–Crippen LogP) is 3.65. The number of likely N-dealkylation sites (tertiary alicyclic amines) is 1. The van der Waals surface area contributed by atoms with Gasteiger partial charge in [-0.2, -0.15) is 8.78 Å². The van der Waals surface area contributed by atoms with Crippen molar-refractivity contribution >= 4 is 18.3 Å². The minimum atomic E-state index is -2.71. The third-order valence-corrected chi connectivity index (χ3v) is 5.54. The third kappa shape index (κ3) is 3.01. The van der Waals surface area contributed by atoms with Gasteiger partial charge < -0.3 is 10.2 Å². The van der Waals surface area contributed by atoms with Gasteiger partial charge >= 0.3 is 6.55 Å². The number of aryl methyl sites for hydroxylation is 1. The van der Waals surface area contributed by atoms with E-state index in [0.29, 0.717) is 18.4 Å². The van der Waals surface area contributed by atoms with Crippen molar-refractivity contribution < 1.29 is 13.6 Å². The number of alkyl halides is 2. The molecule has 3 heterocycles. The van der Waals surface area contributed by atoms with Crippen molar-refractivity contribution in [1.82, 2.24) is 14.8 Å². The molecule has 2 aliphatic rings. The van der Waals surface area contributed by atoms with Gasteiger partial charge in [0.1, 0.15) is 5.69 Å². The maximum Gasteiger partial charge on any atom is 0.319 e. The van der Waals surface area contributed by atoms with Gasteiger partial charge in [0, 0.05) is 31.7 Å². The number of nitrogens with one attached hydrogen (secondary N) is 1. The molecule has 0 spiro atoms. The Kier molecular flexibility index (Phi) is 5.34. The van der Waals surface area contributed by atoms with Crippen LogP contribution in [0.15, 0.2) is 42.6 Å². The number of rotatable bonds is 3. The van der Waals surface area contributed by atoms with Gasteiger partial charge in [0.05, 0.1) is 6.04 Å². The monoisotopic (exact) mass is 381 g/mol. The summed E-state index contributed by atoms with van der Waals surface area (Å²) in [6.45, 7) is 1.64. The molecule has 26 heavy (non-hydrogen) atoms. The van der Waals surface area contributed by atoms with Crippen molar-refractivity contribution in [1.29, 1.82) is 0 Å². The summed E-state index contributed by atoms with van der Waals surface area (Å²) in [7, 11) is 0. The van der Waals surface area contributed by atoms with Crippen molar-refractivity contribution in [3.8, 4) is 0 Å². The summed E-state index contributed by atoms with van der Waals surface area (Å²) < 4.78 is 27.2. The highest BCUT2D eigenvalue weighted by atomic mass is 35.5. The molecule has 0 radical (unpaired) electrons. The van der Waals surface area contributed by atoms with Gasteiger partial charge in [0.15, 0.2) is 0 Å². The lowest BCUT2D eigenvalue weighted by Crippen LogP contribution is -2.36. The molecule has 2 saturated heterocycles. The lowest BCUT2D eigenvalue weighted by molar-refractivity contribution is 0.0543. The van der Waals surface area contributed by atoms with Crippen LogP contribution in [0.25, 0.3) is 0 Å². The number of nitrogens with zero attached hydrogens (tertiary/aromatic N) is 2. The first-order valence-electron chi connectivity index (χ1n) is 8.60. The first kappa shape index (κ1) is 18.9. The van der Waals surface area contributed by atoms with Gasteiger partial charge in [-0.15, -0.1) is 12.4 Å². The zero-order valence-corrected chi connectivity index (χ0v) is 15.3. The van der Waals surface area contributed by atoms with Gasteiger partial charge in [0.25, 0.3) is 5.91 Å². The number of aromatic nitrogens is 1. The Hall–Kier alpha value is -1.92. The molecule has 2 aromatic rings. The van der Waals surface area contributed by atoms with Crippen molar-refractivity contribution in [2.24, 2.45) is 11.8 Å². The van der Waals surface area contributed by atoms with E-state index >= 15 is 0 Å². The van der Waals surface area contributed by atoms with Crippen molar-refractivity contribution in [2.45, 2.75) is 19.5 Å². The highest BCUT2D eigenvalue weighted by molar-refractivity contribution is 5.93. The van der Waals surface area contributed by atoms with Crippen molar-refractivity contribution in [3.05, 3.63) is 59.4 Å². The highest BCUT2D eigenvalue weighted by Gasteiger charge is 2.47. The summed E-state index contributed by atoms with van der Waals surface area (Å²) in [6, 6.07) is 10.9. The third-order valence-electron chi connectivity index (χ3n) is 5.54. The Morgan fingerprint density at radius 3 is 2.69 bits per heavy atom.